The molecule has 0 aliphatic rings. The first kappa shape index (κ1) is 7.91. The van der Waals surface area contributed by atoms with E-state index in [1.807, 2.05) is 19.1 Å². The molecule has 0 atom stereocenters. The summed E-state index contributed by atoms with van der Waals surface area (Å²) in [6.07, 6.45) is 2.56. The molecule has 4 nitrogen and oxygen atoms in total. The standard InChI is InChI=1S/C9H10N4/c1-2-7-8-6(4-3-5-11-8)9(10)13-12-7/h3-5H,2H2,1H3,(H2,10,13). The fraction of sp³-hybridized carbons (Fsp3) is 0.222. The lowest BCUT2D eigenvalue weighted by Crippen LogP contribution is -2.00. The molecule has 13 heavy (non-hydrogen) atoms. The second-order valence-corrected chi connectivity index (χ2v) is 2.79. The number of nitrogens with two attached hydrogens (primary N) is 1. The Morgan fingerprint density at radius 2 is 2.23 bits per heavy atom. The van der Waals surface area contributed by atoms with Crippen LogP contribution in [0.3, 0.4) is 0 Å². The van der Waals surface area contributed by atoms with Crippen molar-refractivity contribution in [3.05, 3.63) is 24.0 Å². The van der Waals surface area contributed by atoms with Gasteiger partial charge < -0.3 is 5.73 Å². The minimum absolute atomic E-state index is 0.445. The maximum atomic E-state index is 5.67. The number of rotatable bonds is 1. The lowest BCUT2D eigenvalue weighted by atomic mass is 10.2. The number of pyridine rings is 1. The predicted octanol–water partition coefficient (Wildman–Crippen LogP) is 1.17. The molecule has 0 saturated carbocycles. The van der Waals surface area contributed by atoms with Crippen molar-refractivity contribution in [3.8, 4) is 0 Å². The molecule has 2 heterocycles. The monoisotopic (exact) mass is 174 g/mol. The molecule has 0 amide bonds. The Bertz CT molecular complexity index is 439. The van der Waals surface area contributed by atoms with Gasteiger partial charge >= 0.3 is 0 Å². The number of nitrogen functional groups attached to an aromatic ring is 1. The van der Waals surface area contributed by atoms with Crippen LogP contribution in [-0.2, 0) is 6.42 Å². The number of fused-ring (bicyclic) bond motifs is 1. The Labute approximate surface area is 75.8 Å². The van der Waals surface area contributed by atoms with E-state index in [1.54, 1.807) is 6.20 Å². The Morgan fingerprint density at radius 1 is 1.38 bits per heavy atom. The maximum absolute atomic E-state index is 5.67. The highest BCUT2D eigenvalue weighted by molar-refractivity contribution is 5.88. The first-order valence-electron chi connectivity index (χ1n) is 4.18. The summed E-state index contributed by atoms with van der Waals surface area (Å²) in [7, 11) is 0. The molecular formula is C9H10N4. The quantitative estimate of drug-likeness (QED) is 0.704. The lowest BCUT2D eigenvalue weighted by Gasteiger charge is -2.02. The molecule has 66 valence electrons. The molecule has 0 aliphatic heterocycles. The molecule has 0 aromatic carbocycles. The zero-order valence-electron chi connectivity index (χ0n) is 7.36. The van der Waals surface area contributed by atoms with Gasteiger partial charge in [0.2, 0.25) is 0 Å². The molecule has 2 aromatic rings. The average Bonchev–Trinajstić information content (AvgIpc) is 2.19. The molecule has 2 aromatic heterocycles. The van der Waals surface area contributed by atoms with E-state index in [0.717, 1.165) is 23.0 Å². The van der Waals surface area contributed by atoms with Gasteiger partial charge in [-0.2, -0.15) is 5.10 Å². The number of aromatic nitrogens is 3. The number of aryl methyl sites for hydroxylation is 1. The van der Waals surface area contributed by atoms with Gasteiger partial charge in [-0.05, 0) is 18.6 Å². The van der Waals surface area contributed by atoms with Crippen LogP contribution in [-0.4, -0.2) is 15.2 Å². The summed E-state index contributed by atoms with van der Waals surface area (Å²) in [5, 5.41) is 8.74. The van der Waals surface area contributed by atoms with Crippen LogP contribution in [0, 0.1) is 0 Å². The highest BCUT2D eigenvalue weighted by atomic mass is 15.1. The fourth-order valence-electron chi connectivity index (χ4n) is 1.30. The van der Waals surface area contributed by atoms with Crippen molar-refractivity contribution in [2.24, 2.45) is 0 Å². The van der Waals surface area contributed by atoms with Gasteiger partial charge in [0.15, 0.2) is 5.82 Å². The summed E-state index contributed by atoms with van der Waals surface area (Å²) in [6, 6.07) is 3.76. The summed E-state index contributed by atoms with van der Waals surface area (Å²) in [6.45, 7) is 2.02. The average molecular weight is 174 g/mol. The molecule has 2 rings (SSSR count). The molecule has 0 fully saturated rings. The summed E-state index contributed by atoms with van der Waals surface area (Å²) < 4.78 is 0. The van der Waals surface area contributed by atoms with Crippen molar-refractivity contribution in [3.63, 3.8) is 0 Å². The molecule has 0 aliphatic carbocycles. The third-order valence-electron chi connectivity index (χ3n) is 1.97. The van der Waals surface area contributed by atoms with E-state index in [0.29, 0.717) is 5.82 Å². The van der Waals surface area contributed by atoms with Gasteiger partial charge in [-0.3, -0.25) is 4.98 Å². The van der Waals surface area contributed by atoms with E-state index in [-0.39, 0.29) is 0 Å². The van der Waals surface area contributed by atoms with Gasteiger partial charge in [0.05, 0.1) is 11.2 Å². The minimum Gasteiger partial charge on any atom is -0.382 e. The van der Waals surface area contributed by atoms with Gasteiger partial charge in [-0.25, -0.2) is 0 Å². The third kappa shape index (κ3) is 1.20. The molecule has 2 N–H and O–H groups in total. The smallest absolute Gasteiger partial charge is 0.155 e. The first-order chi connectivity index (χ1) is 6.33. The Balaban J connectivity index is 2.84. The van der Waals surface area contributed by atoms with Crippen molar-refractivity contribution in [1.82, 2.24) is 15.2 Å². The van der Waals surface area contributed by atoms with Crippen molar-refractivity contribution >= 4 is 16.7 Å². The largest absolute Gasteiger partial charge is 0.382 e. The highest BCUT2D eigenvalue weighted by Gasteiger charge is 2.05. The summed E-state index contributed by atoms with van der Waals surface area (Å²) in [5.74, 6) is 0.445. The van der Waals surface area contributed by atoms with Crippen LogP contribution >= 0.6 is 0 Å². The third-order valence-corrected chi connectivity index (χ3v) is 1.97. The Hall–Kier alpha value is -1.71. The van der Waals surface area contributed by atoms with E-state index in [2.05, 4.69) is 15.2 Å². The van der Waals surface area contributed by atoms with Gasteiger partial charge in [0.25, 0.3) is 0 Å². The van der Waals surface area contributed by atoms with Crippen molar-refractivity contribution in [2.75, 3.05) is 5.73 Å². The first-order valence-corrected chi connectivity index (χ1v) is 4.18. The van der Waals surface area contributed by atoms with Crippen LogP contribution in [0.2, 0.25) is 0 Å². The van der Waals surface area contributed by atoms with Crippen molar-refractivity contribution < 1.29 is 0 Å². The van der Waals surface area contributed by atoms with Gasteiger partial charge in [-0.1, -0.05) is 6.92 Å². The maximum Gasteiger partial charge on any atom is 0.155 e. The zero-order valence-corrected chi connectivity index (χ0v) is 7.36. The molecule has 0 radical (unpaired) electrons. The molecule has 0 saturated heterocycles. The number of nitrogens with zero attached hydrogens (tertiary/aromatic N) is 3. The minimum atomic E-state index is 0.445. The van der Waals surface area contributed by atoms with Crippen LogP contribution in [0.5, 0.6) is 0 Å². The van der Waals surface area contributed by atoms with E-state index in [4.69, 9.17) is 5.73 Å². The Kier molecular flexibility index (Phi) is 1.81. The van der Waals surface area contributed by atoms with E-state index in [9.17, 15) is 0 Å². The fourth-order valence-corrected chi connectivity index (χ4v) is 1.30. The summed E-state index contributed by atoms with van der Waals surface area (Å²) >= 11 is 0. The molecule has 0 bridgehead atoms. The van der Waals surface area contributed by atoms with E-state index < -0.39 is 0 Å². The van der Waals surface area contributed by atoms with Gasteiger partial charge in [0, 0.05) is 11.6 Å². The number of hydrogen-bond donors (Lipinski definition) is 1. The van der Waals surface area contributed by atoms with E-state index >= 15 is 0 Å². The highest BCUT2D eigenvalue weighted by Crippen LogP contribution is 2.17. The normalized spacial score (nSPS) is 10.5. The molecular weight excluding hydrogens is 164 g/mol. The zero-order chi connectivity index (χ0) is 9.26. The van der Waals surface area contributed by atoms with Crippen molar-refractivity contribution in [2.45, 2.75) is 13.3 Å². The lowest BCUT2D eigenvalue weighted by molar-refractivity contribution is 0.939. The van der Waals surface area contributed by atoms with Crippen LogP contribution in [0.15, 0.2) is 18.3 Å². The predicted molar refractivity (Wildman–Crippen MR) is 51.1 cm³/mol. The molecule has 0 spiro atoms. The van der Waals surface area contributed by atoms with Crippen molar-refractivity contribution in [1.29, 1.82) is 0 Å². The van der Waals surface area contributed by atoms with Crippen LogP contribution in [0.1, 0.15) is 12.6 Å². The summed E-state index contributed by atoms with van der Waals surface area (Å²) in [4.78, 5) is 4.23. The Morgan fingerprint density at radius 3 is 3.00 bits per heavy atom. The second-order valence-electron chi connectivity index (χ2n) is 2.79. The SMILES string of the molecule is CCc1nnc(N)c2cccnc12. The van der Waals surface area contributed by atoms with Crippen LogP contribution in [0.25, 0.3) is 10.9 Å². The molecule has 0 unspecified atom stereocenters. The number of anilines is 1. The molecule has 4 heteroatoms. The topological polar surface area (TPSA) is 64.7 Å². The number of hydrogen-bond acceptors (Lipinski definition) is 4. The second kappa shape index (κ2) is 2.97. The van der Waals surface area contributed by atoms with Crippen LogP contribution < -0.4 is 5.73 Å². The van der Waals surface area contributed by atoms with Gasteiger partial charge in [0.1, 0.15) is 0 Å². The van der Waals surface area contributed by atoms with Gasteiger partial charge in [-0.15, -0.1) is 5.10 Å². The van der Waals surface area contributed by atoms with E-state index in [1.165, 1.54) is 0 Å². The summed E-state index contributed by atoms with van der Waals surface area (Å²) in [5.41, 5.74) is 7.42. The van der Waals surface area contributed by atoms with Crippen LogP contribution in [0.4, 0.5) is 5.82 Å².